The fourth-order valence-electron chi connectivity index (χ4n) is 1.63. The van der Waals surface area contributed by atoms with Gasteiger partial charge in [0.15, 0.2) is 0 Å². The summed E-state index contributed by atoms with van der Waals surface area (Å²) < 4.78 is 0. The number of nitrogens with one attached hydrogen (secondary N) is 1. The summed E-state index contributed by atoms with van der Waals surface area (Å²) in [6.07, 6.45) is 0. The van der Waals surface area contributed by atoms with Crippen LogP contribution in [0.1, 0.15) is 20.8 Å². The van der Waals surface area contributed by atoms with Crippen LogP contribution in [0.25, 0.3) is 0 Å². The molecule has 0 radical (unpaired) electrons. The zero-order valence-electron chi connectivity index (χ0n) is 11.0. The van der Waals surface area contributed by atoms with Crippen LogP contribution in [0.5, 0.6) is 0 Å². The van der Waals surface area contributed by atoms with Crippen LogP contribution < -0.4 is 11.1 Å². The molecule has 1 aromatic heterocycles. The van der Waals surface area contributed by atoms with Crippen molar-refractivity contribution in [3.8, 4) is 11.8 Å². The first kappa shape index (κ1) is 15.9. The van der Waals surface area contributed by atoms with E-state index in [2.05, 4.69) is 17.2 Å². The van der Waals surface area contributed by atoms with Crippen molar-refractivity contribution in [2.75, 3.05) is 6.54 Å². The maximum absolute atomic E-state index is 12.1. The van der Waals surface area contributed by atoms with Gasteiger partial charge in [0.1, 0.15) is 0 Å². The van der Waals surface area contributed by atoms with Crippen LogP contribution in [-0.2, 0) is 6.54 Å². The van der Waals surface area contributed by atoms with E-state index >= 15 is 0 Å². The zero-order valence-corrected chi connectivity index (χ0v) is 13.3. The molecular formula is C15H12Cl2N2OS. The van der Waals surface area contributed by atoms with Crippen molar-refractivity contribution < 1.29 is 4.79 Å². The highest BCUT2D eigenvalue weighted by molar-refractivity contribution is 7.10. The highest BCUT2D eigenvalue weighted by atomic mass is 35.5. The minimum absolute atomic E-state index is 0.259. The van der Waals surface area contributed by atoms with Gasteiger partial charge >= 0.3 is 0 Å². The quantitative estimate of drug-likeness (QED) is 0.843. The van der Waals surface area contributed by atoms with E-state index in [1.54, 1.807) is 18.2 Å². The third-order valence-corrected chi connectivity index (χ3v) is 4.36. The summed E-state index contributed by atoms with van der Waals surface area (Å²) in [5.41, 5.74) is 6.59. The lowest BCUT2D eigenvalue weighted by atomic mass is 10.2. The molecule has 0 atom stereocenters. The van der Waals surface area contributed by atoms with Gasteiger partial charge in [-0.2, -0.15) is 0 Å². The predicted octanol–water partition coefficient (Wildman–Crippen LogP) is 3.30. The molecule has 1 aromatic carbocycles. The van der Waals surface area contributed by atoms with Gasteiger partial charge in [0.25, 0.3) is 5.91 Å². The summed E-state index contributed by atoms with van der Waals surface area (Å²) in [6.45, 7) is 0.742. The first-order valence-electron chi connectivity index (χ1n) is 6.10. The Kier molecular flexibility index (Phi) is 5.66. The smallest absolute Gasteiger partial charge is 0.253 e. The van der Waals surface area contributed by atoms with Crippen molar-refractivity contribution in [3.63, 3.8) is 0 Å². The lowest BCUT2D eigenvalue weighted by Crippen LogP contribution is -2.22. The second kappa shape index (κ2) is 7.48. The molecule has 0 saturated carbocycles. The number of carbonyl (C=O) groups is 1. The molecule has 0 fully saturated rings. The summed E-state index contributed by atoms with van der Waals surface area (Å²) in [7, 11) is 0. The predicted molar refractivity (Wildman–Crippen MR) is 87.9 cm³/mol. The van der Waals surface area contributed by atoms with Crippen LogP contribution in [0, 0.1) is 11.8 Å². The van der Waals surface area contributed by atoms with Crippen molar-refractivity contribution in [2.45, 2.75) is 6.54 Å². The number of amides is 1. The van der Waals surface area contributed by atoms with Crippen LogP contribution in [0.3, 0.4) is 0 Å². The van der Waals surface area contributed by atoms with E-state index in [1.165, 1.54) is 11.3 Å². The summed E-state index contributed by atoms with van der Waals surface area (Å²) >= 11 is 13.4. The van der Waals surface area contributed by atoms with Gasteiger partial charge in [-0.05, 0) is 18.2 Å². The van der Waals surface area contributed by atoms with Crippen molar-refractivity contribution >= 4 is 40.4 Å². The van der Waals surface area contributed by atoms with Crippen LogP contribution in [0.4, 0.5) is 0 Å². The van der Waals surface area contributed by atoms with E-state index in [4.69, 9.17) is 28.9 Å². The molecule has 0 unspecified atom stereocenters. The molecule has 21 heavy (non-hydrogen) atoms. The molecule has 0 aliphatic heterocycles. The molecule has 0 saturated heterocycles. The lowest BCUT2D eigenvalue weighted by molar-refractivity contribution is 0.0951. The monoisotopic (exact) mass is 338 g/mol. The highest BCUT2D eigenvalue weighted by Crippen LogP contribution is 2.25. The molecule has 2 aromatic rings. The van der Waals surface area contributed by atoms with Crippen molar-refractivity contribution in [2.24, 2.45) is 5.73 Å². The Hall–Kier alpha value is -1.51. The Bertz CT molecular complexity index is 716. The van der Waals surface area contributed by atoms with E-state index in [0.29, 0.717) is 23.7 Å². The molecule has 2 rings (SSSR count). The highest BCUT2D eigenvalue weighted by Gasteiger charge is 2.12. The van der Waals surface area contributed by atoms with Gasteiger partial charge in [0.05, 0.1) is 28.7 Å². The van der Waals surface area contributed by atoms with Gasteiger partial charge in [0, 0.05) is 15.8 Å². The number of carbonyl (C=O) groups excluding carboxylic acids is 1. The fraction of sp³-hybridized carbons (Fsp3) is 0.133. The number of rotatable bonds is 3. The van der Waals surface area contributed by atoms with E-state index < -0.39 is 0 Å². The summed E-state index contributed by atoms with van der Waals surface area (Å²) in [5, 5.41) is 5.36. The van der Waals surface area contributed by atoms with E-state index in [0.717, 1.165) is 10.4 Å². The minimum Gasteiger partial charge on any atom is -0.347 e. The Morgan fingerprint density at radius 1 is 1.38 bits per heavy atom. The zero-order chi connectivity index (χ0) is 15.2. The van der Waals surface area contributed by atoms with Crippen molar-refractivity contribution in [1.82, 2.24) is 5.32 Å². The van der Waals surface area contributed by atoms with Crippen LogP contribution in [-0.4, -0.2) is 12.5 Å². The lowest BCUT2D eigenvalue weighted by Gasteiger charge is -2.06. The molecule has 0 aliphatic carbocycles. The second-order valence-electron chi connectivity index (χ2n) is 4.09. The molecule has 3 N–H and O–H groups in total. The van der Waals surface area contributed by atoms with Gasteiger partial charge in [-0.25, -0.2) is 0 Å². The minimum atomic E-state index is -0.259. The first-order valence-corrected chi connectivity index (χ1v) is 7.74. The topological polar surface area (TPSA) is 55.1 Å². The van der Waals surface area contributed by atoms with Crippen LogP contribution >= 0.6 is 34.5 Å². The number of nitrogens with two attached hydrogens (primary N) is 1. The fourth-order valence-corrected chi connectivity index (χ4v) is 2.78. The molecule has 0 spiro atoms. The molecule has 0 bridgehead atoms. The van der Waals surface area contributed by atoms with E-state index in [-0.39, 0.29) is 10.9 Å². The normalized spacial score (nSPS) is 9.86. The average molecular weight is 339 g/mol. The Balaban J connectivity index is 2.01. The third kappa shape index (κ3) is 4.23. The largest absolute Gasteiger partial charge is 0.347 e. The number of hydrogen-bond donors (Lipinski definition) is 2. The van der Waals surface area contributed by atoms with Crippen molar-refractivity contribution in [1.29, 1.82) is 0 Å². The molecule has 108 valence electrons. The van der Waals surface area contributed by atoms with Gasteiger partial charge in [-0.1, -0.05) is 41.1 Å². The number of benzene rings is 1. The molecule has 6 heteroatoms. The standard InChI is InChI=1S/C15H12Cl2N2OS/c16-13-5-1-4-12(14(13)17)15(20)19-8-11-7-10(9-21-11)3-2-6-18/h1,4-5,7,9H,6,8,18H2,(H,19,20). The molecular weight excluding hydrogens is 327 g/mol. The first-order chi connectivity index (χ1) is 10.1. The van der Waals surface area contributed by atoms with E-state index in [1.807, 2.05) is 11.4 Å². The van der Waals surface area contributed by atoms with E-state index in [9.17, 15) is 4.79 Å². The SMILES string of the molecule is NCC#Cc1csc(CNC(=O)c2cccc(Cl)c2Cl)c1. The third-order valence-electron chi connectivity index (χ3n) is 2.61. The maximum atomic E-state index is 12.1. The Morgan fingerprint density at radius 2 is 2.19 bits per heavy atom. The van der Waals surface area contributed by atoms with Crippen LogP contribution in [0.15, 0.2) is 29.6 Å². The summed E-state index contributed by atoms with van der Waals surface area (Å²) in [6, 6.07) is 6.89. The molecule has 0 aliphatic rings. The Morgan fingerprint density at radius 3 is 2.95 bits per heavy atom. The number of thiophene rings is 1. The molecule has 1 heterocycles. The molecule has 3 nitrogen and oxygen atoms in total. The summed E-state index contributed by atoms with van der Waals surface area (Å²) in [5.74, 6) is 5.47. The Labute approximate surface area is 137 Å². The van der Waals surface area contributed by atoms with Gasteiger partial charge < -0.3 is 11.1 Å². The second-order valence-corrected chi connectivity index (χ2v) is 5.87. The molecule has 1 amide bonds. The average Bonchev–Trinajstić information content (AvgIpc) is 2.93. The maximum Gasteiger partial charge on any atom is 0.253 e. The number of halogens is 2. The van der Waals surface area contributed by atoms with Gasteiger partial charge in [0.2, 0.25) is 0 Å². The number of hydrogen-bond acceptors (Lipinski definition) is 3. The summed E-state index contributed by atoms with van der Waals surface area (Å²) in [4.78, 5) is 13.1. The van der Waals surface area contributed by atoms with Gasteiger partial charge in [-0.15, -0.1) is 11.3 Å². The van der Waals surface area contributed by atoms with Crippen molar-refractivity contribution in [3.05, 3.63) is 55.7 Å². The van der Waals surface area contributed by atoms with Gasteiger partial charge in [-0.3, -0.25) is 4.79 Å². The van der Waals surface area contributed by atoms with Crippen LogP contribution in [0.2, 0.25) is 10.0 Å².